The summed E-state index contributed by atoms with van der Waals surface area (Å²) in [5, 5.41) is 13.0. The van der Waals surface area contributed by atoms with Gasteiger partial charge in [-0.3, -0.25) is 4.68 Å². The second-order valence-electron chi connectivity index (χ2n) is 3.47. The zero-order valence-electron chi connectivity index (χ0n) is 8.51. The van der Waals surface area contributed by atoms with Crippen molar-refractivity contribution in [1.29, 1.82) is 5.26 Å². The third kappa shape index (κ3) is 2.05. The van der Waals surface area contributed by atoms with E-state index in [-0.39, 0.29) is 0 Å². The lowest BCUT2D eigenvalue weighted by molar-refractivity contribution is 0.767. The number of hydrogen-bond donors (Lipinski definition) is 0. The summed E-state index contributed by atoms with van der Waals surface area (Å²) in [5.74, 6) is 0. The minimum Gasteiger partial charge on any atom is -0.276 e. The zero-order valence-corrected chi connectivity index (χ0v) is 8.51. The predicted octanol–water partition coefficient (Wildman–Crippen LogP) is 1.88. The third-order valence-electron chi connectivity index (χ3n) is 2.29. The molecule has 0 saturated heterocycles. The molecule has 1 aromatic carbocycles. The molecule has 3 heteroatoms. The van der Waals surface area contributed by atoms with Crippen LogP contribution in [-0.2, 0) is 13.5 Å². The van der Waals surface area contributed by atoms with E-state index in [1.54, 1.807) is 4.68 Å². The van der Waals surface area contributed by atoms with Crippen LogP contribution in [0.5, 0.6) is 0 Å². The number of nitriles is 1. The van der Waals surface area contributed by atoms with Crippen molar-refractivity contribution in [3.05, 3.63) is 53.3 Å². The lowest BCUT2D eigenvalue weighted by atomic mass is 10.0. The summed E-state index contributed by atoms with van der Waals surface area (Å²) in [6, 6.07) is 9.84. The highest BCUT2D eigenvalue weighted by Crippen LogP contribution is 2.12. The van der Waals surface area contributed by atoms with Gasteiger partial charge in [-0.1, -0.05) is 18.2 Å². The van der Waals surface area contributed by atoms with E-state index in [2.05, 4.69) is 11.2 Å². The summed E-state index contributed by atoms with van der Waals surface area (Å²) in [7, 11) is 1.89. The van der Waals surface area contributed by atoms with Gasteiger partial charge in [0.2, 0.25) is 0 Å². The van der Waals surface area contributed by atoms with Crippen LogP contribution in [0.1, 0.15) is 16.7 Å². The minimum atomic E-state index is 0.737. The molecule has 3 nitrogen and oxygen atoms in total. The smallest absolute Gasteiger partial charge is 0.0994 e. The first-order chi connectivity index (χ1) is 7.29. The molecule has 0 spiro atoms. The molecule has 0 aliphatic heterocycles. The summed E-state index contributed by atoms with van der Waals surface area (Å²) in [4.78, 5) is 0. The van der Waals surface area contributed by atoms with Crippen LogP contribution in [-0.4, -0.2) is 9.78 Å². The van der Waals surface area contributed by atoms with Crippen LogP contribution in [0, 0.1) is 11.3 Å². The summed E-state index contributed by atoms with van der Waals surface area (Å²) < 4.78 is 1.77. The van der Waals surface area contributed by atoms with Crippen molar-refractivity contribution in [3.8, 4) is 6.07 Å². The van der Waals surface area contributed by atoms with E-state index in [1.165, 1.54) is 0 Å². The lowest BCUT2D eigenvalue weighted by Crippen LogP contribution is -1.90. The lowest BCUT2D eigenvalue weighted by Gasteiger charge is -2.00. The Morgan fingerprint density at radius 1 is 1.40 bits per heavy atom. The summed E-state index contributed by atoms with van der Waals surface area (Å²) >= 11 is 0. The topological polar surface area (TPSA) is 41.6 Å². The Hall–Kier alpha value is -2.08. The summed E-state index contributed by atoms with van der Waals surface area (Å²) in [5.41, 5.74) is 2.91. The standard InChI is InChI=1S/C12H11N3/c1-15-9-10(8-14-15)6-11-4-2-3-5-12(11)7-13/h2-5,8-9H,6H2,1H3. The molecule has 0 amide bonds. The van der Waals surface area contributed by atoms with Crippen molar-refractivity contribution < 1.29 is 0 Å². The van der Waals surface area contributed by atoms with Gasteiger partial charge in [0, 0.05) is 19.7 Å². The molecule has 2 rings (SSSR count). The van der Waals surface area contributed by atoms with Crippen LogP contribution in [0.3, 0.4) is 0 Å². The second kappa shape index (κ2) is 3.97. The van der Waals surface area contributed by atoms with E-state index in [4.69, 9.17) is 5.26 Å². The molecular weight excluding hydrogens is 186 g/mol. The first-order valence-corrected chi connectivity index (χ1v) is 4.75. The van der Waals surface area contributed by atoms with Crippen molar-refractivity contribution in [2.45, 2.75) is 6.42 Å². The van der Waals surface area contributed by atoms with E-state index >= 15 is 0 Å². The molecule has 0 aliphatic carbocycles. The van der Waals surface area contributed by atoms with E-state index in [1.807, 2.05) is 43.7 Å². The average molecular weight is 197 g/mol. The van der Waals surface area contributed by atoms with Crippen LogP contribution in [0.4, 0.5) is 0 Å². The monoisotopic (exact) mass is 197 g/mol. The fourth-order valence-electron chi connectivity index (χ4n) is 1.57. The predicted molar refractivity (Wildman–Crippen MR) is 57.2 cm³/mol. The fraction of sp³-hybridized carbons (Fsp3) is 0.167. The highest BCUT2D eigenvalue weighted by atomic mass is 15.2. The van der Waals surface area contributed by atoms with Crippen LogP contribution in [0.25, 0.3) is 0 Å². The maximum Gasteiger partial charge on any atom is 0.0994 e. The number of nitrogens with zero attached hydrogens (tertiary/aromatic N) is 3. The molecule has 0 aliphatic rings. The first kappa shape index (κ1) is 9.47. The van der Waals surface area contributed by atoms with E-state index in [0.29, 0.717) is 0 Å². The van der Waals surface area contributed by atoms with Gasteiger partial charge in [0.1, 0.15) is 0 Å². The number of aromatic nitrogens is 2. The van der Waals surface area contributed by atoms with Gasteiger partial charge in [-0.15, -0.1) is 0 Å². The van der Waals surface area contributed by atoms with E-state index < -0.39 is 0 Å². The van der Waals surface area contributed by atoms with Crippen molar-refractivity contribution in [1.82, 2.24) is 9.78 Å². The number of hydrogen-bond acceptors (Lipinski definition) is 2. The van der Waals surface area contributed by atoms with Crippen molar-refractivity contribution >= 4 is 0 Å². The molecule has 0 unspecified atom stereocenters. The molecule has 1 heterocycles. The Morgan fingerprint density at radius 2 is 2.20 bits per heavy atom. The van der Waals surface area contributed by atoms with Gasteiger partial charge in [0.25, 0.3) is 0 Å². The average Bonchev–Trinajstić information content (AvgIpc) is 2.65. The Morgan fingerprint density at radius 3 is 2.87 bits per heavy atom. The Balaban J connectivity index is 2.28. The summed E-state index contributed by atoms with van der Waals surface area (Å²) in [6.07, 6.45) is 4.56. The SMILES string of the molecule is Cn1cc(Cc2ccccc2C#N)cn1. The van der Waals surface area contributed by atoms with Gasteiger partial charge in [0.15, 0.2) is 0 Å². The molecular formula is C12H11N3. The van der Waals surface area contributed by atoms with Gasteiger partial charge in [-0.25, -0.2) is 0 Å². The molecule has 0 bridgehead atoms. The number of benzene rings is 1. The Kier molecular flexibility index (Phi) is 2.51. The van der Waals surface area contributed by atoms with Crippen molar-refractivity contribution in [3.63, 3.8) is 0 Å². The highest BCUT2D eigenvalue weighted by Gasteiger charge is 2.03. The van der Waals surface area contributed by atoms with Gasteiger partial charge in [0.05, 0.1) is 17.8 Å². The zero-order chi connectivity index (χ0) is 10.7. The minimum absolute atomic E-state index is 0.737. The molecule has 1 aromatic heterocycles. The van der Waals surface area contributed by atoms with E-state index in [9.17, 15) is 0 Å². The van der Waals surface area contributed by atoms with Crippen LogP contribution in [0.2, 0.25) is 0 Å². The molecule has 0 N–H and O–H groups in total. The highest BCUT2D eigenvalue weighted by molar-refractivity contribution is 5.39. The Bertz CT molecular complexity index is 506. The molecule has 0 saturated carbocycles. The molecule has 0 atom stereocenters. The normalized spacial score (nSPS) is 9.87. The second-order valence-corrected chi connectivity index (χ2v) is 3.47. The molecule has 0 fully saturated rings. The van der Waals surface area contributed by atoms with Crippen molar-refractivity contribution in [2.24, 2.45) is 7.05 Å². The van der Waals surface area contributed by atoms with E-state index in [0.717, 1.165) is 23.1 Å². The number of aryl methyl sites for hydroxylation is 1. The third-order valence-corrected chi connectivity index (χ3v) is 2.29. The first-order valence-electron chi connectivity index (χ1n) is 4.75. The summed E-state index contributed by atoms with van der Waals surface area (Å²) in [6.45, 7) is 0. The van der Waals surface area contributed by atoms with Gasteiger partial charge >= 0.3 is 0 Å². The number of rotatable bonds is 2. The fourth-order valence-corrected chi connectivity index (χ4v) is 1.57. The quantitative estimate of drug-likeness (QED) is 0.737. The molecule has 15 heavy (non-hydrogen) atoms. The van der Waals surface area contributed by atoms with Gasteiger partial charge < -0.3 is 0 Å². The van der Waals surface area contributed by atoms with Crippen LogP contribution in [0.15, 0.2) is 36.7 Å². The molecule has 0 radical (unpaired) electrons. The van der Waals surface area contributed by atoms with Crippen molar-refractivity contribution in [2.75, 3.05) is 0 Å². The van der Waals surface area contributed by atoms with Gasteiger partial charge in [-0.05, 0) is 17.2 Å². The largest absolute Gasteiger partial charge is 0.276 e. The van der Waals surface area contributed by atoms with Gasteiger partial charge in [-0.2, -0.15) is 10.4 Å². The maximum atomic E-state index is 8.93. The molecule has 2 aromatic rings. The van der Waals surface area contributed by atoms with Crippen LogP contribution >= 0.6 is 0 Å². The molecule has 74 valence electrons. The maximum absolute atomic E-state index is 8.93. The Labute approximate surface area is 88.6 Å². The van der Waals surface area contributed by atoms with Crippen LogP contribution < -0.4 is 0 Å².